The second kappa shape index (κ2) is 11.9. The first-order chi connectivity index (χ1) is 18.7. The molecule has 0 heterocycles. The number of carbonyl (C=O) groups excluding carboxylic acids is 1. The minimum atomic E-state index is -1.25. The Labute approximate surface area is 224 Å². The molecule has 9 nitrogen and oxygen atoms in total. The van der Waals surface area contributed by atoms with Crippen molar-refractivity contribution >= 4 is 12.1 Å². The number of para-hydroxylation sites is 2. The molecule has 1 aliphatic rings. The zero-order valence-corrected chi connectivity index (χ0v) is 20.7. The first kappa shape index (κ1) is 26.9. The van der Waals surface area contributed by atoms with Crippen LogP contribution < -0.4 is 5.32 Å². The van der Waals surface area contributed by atoms with Crippen molar-refractivity contribution in [3.8, 4) is 34.1 Å². The molecule has 0 unspecified atom stereocenters. The van der Waals surface area contributed by atoms with E-state index in [1.165, 1.54) is 30.3 Å². The maximum Gasteiger partial charge on any atom is 0.407 e. The average Bonchev–Trinajstić information content (AvgIpc) is 3.25. The van der Waals surface area contributed by atoms with Crippen LogP contribution in [0.5, 0.6) is 23.0 Å². The van der Waals surface area contributed by atoms with Crippen LogP contribution in [-0.2, 0) is 16.0 Å². The molecule has 39 heavy (non-hydrogen) atoms. The summed E-state index contributed by atoms with van der Waals surface area (Å²) < 4.78 is 5.40. The number of phenols is 4. The Kier molecular flexibility index (Phi) is 8.21. The largest absolute Gasteiger partial charge is 0.504 e. The fourth-order valence-corrected chi connectivity index (χ4v) is 4.38. The van der Waals surface area contributed by atoms with Gasteiger partial charge in [0.05, 0.1) is 0 Å². The van der Waals surface area contributed by atoms with Gasteiger partial charge in [-0.2, -0.15) is 0 Å². The zero-order chi connectivity index (χ0) is 27.9. The zero-order valence-electron chi connectivity index (χ0n) is 20.7. The van der Waals surface area contributed by atoms with Gasteiger partial charge in [0.15, 0.2) is 23.0 Å². The molecule has 0 spiro atoms. The third-order valence-electron chi connectivity index (χ3n) is 6.30. The van der Waals surface area contributed by atoms with Crippen LogP contribution in [0.2, 0.25) is 0 Å². The molecule has 0 radical (unpaired) electrons. The highest BCUT2D eigenvalue weighted by atomic mass is 16.5. The molecule has 0 saturated heterocycles. The van der Waals surface area contributed by atoms with E-state index >= 15 is 0 Å². The first-order valence-electron chi connectivity index (χ1n) is 12.1. The number of amides is 1. The third-order valence-corrected chi connectivity index (χ3v) is 6.30. The lowest BCUT2D eigenvalue weighted by Crippen LogP contribution is -2.42. The van der Waals surface area contributed by atoms with Crippen LogP contribution in [0.1, 0.15) is 22.6 Å². The van der Waals surface area contributed by atoms with Gasteiger partial charge >= 0.3 is 12.1 Å². The highest BCUT2D eigenvalue weighted by molar-refractivity contribution is 5.81. The molecule has 0 aromatic heterocycles. The molecule has 0 saturated carbocycles. The van der Waals surface area contributed by atoms with Crippen LogP contribution >= 0.6 is 0 Å². The van der Waals surface area contributed by atoms with E-state index < -0.39 is 18.1 Å². The lowest BCUT2D eigenvalue weighted by Gasteiger charge is -2.17. The fourth-order valence-electron chi connectivity index (χ4n) is 4.38. The van der Waals surface area contributed by atoms with E-state index in [4.69, 9.17) is 14.9 Å². The summed E-state index contributed by atoms with van der Waals surface area (Å²) in [5.41, 5.74) is 4.77. The van der Waals surface area contributed by atoms with Crippen LogP contribution in [0.3, 0.4) is 0 Å². The normalized spacial score (nSPS) is 12.3. The van der Waals surface area contributed by atoms with E-state index in [9.17, 15) is 24.9 Å². The maximum atomic E-state index is 12.4. The number of aliphatic carboxylic acids is 1. The van der Waals surface area contributed by atoms with E-state index in [2.05, 4.69) is 5.32 Å². The number of phenolic OH excluding ortho intramolecular Hbond substituents is 4. The number of carboxylic acid groups (broad SMARTS) is 1. The molecule has 200 valence electrons. The van der Waals surface area contributed by atoms with Gasteiger partial charge in [-0.25, -0.2) is 9.59 Å². The molecule has 1 atom stereocenters. The summed E-state index contributed by atoms with van der Waals surface area (Å²) in [6, 6.07) is 24.7. The first-order valence-corrected chi connectivity index (χ1v) is 12.1. The monoisotopic (exact) mass is 529 g/mol. The molecule has 9 heteroatoms. The minimum absolute atomic E-state index is 0.0756. The van der Waals surface area contributed by atoms with Crippen LogP contribution in [0.25, 0.3) is 11.1 Å². The summed E-state index contributed by atoms with van der Waals surface area (Å²) >= 11 is 0. The van der Waals surface area contributed by atoms with Gasteiger partial charge in [0.25, 0.3) is 0 Å². The second-order valence-electron chi connectivity index (χ2n) is 8.88. The van der Waals surface area contributed by atoms with Crippen LogP contribution in [-0.4, -0.2) is 50.2 Å². The number of ether oxygens (including phenoxy) is 1. The predicted octanol–water partition coefficient (Wildman–Crippen LogP) is 4.73. The Hall–Kier alpha value is -5.18. The fraction of sp³-hybridized carbons (Fsp3) is 0.133. The van der Waals surface area contributed by atoms with Crippen molar-refractivity contribution < 1.29 is 39.9 Å². The molecule has 0 aliphatic heterocycles. The van der Waals surface area contributed by atoms with E-state index in [0.29, 0.717) is 5.56 Å². The molecule has 4 aromatic carbocycles. The molecule has 6 N–H and O–H groups in total. The smallest absolute Gasteiger partial charge is 0.407 e. The van der Waals surface area contributed by atoms with E-state index in [1.807, 2.05) is 48.5 Å². The average molecular weight is 530 g/mol. The highest BCUT2D eigenvalue weighted by Gasteiger charge is 2.29. The summed E-state index contributed by atoms with van der Waals surface area (Å²) in [7, 11) is 0. The second-order valence-corrected chi connectivity index (χ2v) is 8.88. The van der Waals surface area contributed by atoms with Gasteiger partial charge in [-0.1, -0.05) is 66.7 Å². The molecule has 0 bridgehead atoms. The number of benzene rings is 4. The van der Waals surface area contributed by atoms with Crippen molar-refractivity contribution in [2.24, 2.45) is 0 Å². The van der Waals surface area contributed by atoms with Gasteiger partial charge in [0.1, 0.15) is 12.6 Å². The van der Waals surface area contributed by atoms with E-state index in [0.717, 1.165) is 22.3 Å². The van der Waals surface area contributed by atoms with Crippen molar-refractivity contribution in [2.75, 3.05) is 6.61 Å². The molecule has 0 fully saturated rings. The number of hydrogen-bond donors (Lipinski definition) is 6. The number of fused-ring (bicyclic) bond motifs is 3. The summed E-state index contributed by atoms with van der Waals surface area (Å²) in [4.78, 5) is 24.0. The van der Waals surface area contributed by atoms with Crippen molar-refractivity contribution in [3.05, 3.63) is 108 Å². The number of rotatable bonds is 6. The summed E-state index contributed by atoms with van der Waals surface area (Å²) in [6.07, 6.45) is -0.912. The van der Waals surface area contributed by atoms with E-state index in [1.54, 1.807) is 12.1 Å². The van der Waals surface area contributed by atoms with Gasteiger partial charge in [-0.15, -0.1) is 0 Å². The lowest BCUT2D eigenvalue weighted by molar-refractivity contribution is -0.139. The number of carbonyl (C=O) groups is 2. The van der Waals surface area contributed by atoms with Crippen molar-refractivity contribution in [1.82, 2.24) is 5.32 Å². The molecule has 5 rings (SSSR count). The highest BCUT2D eigenvalue weighted by Crippen LogP contribution is 2.44. The third kappa shape index (κ3) is 6.40. The molecule has 4 aromatic rings. The Morgan fingerprint density at radius 2 is 1.23 bits per heavy atom. The molecule has 1 amide bonds. The van der Waals surface area contributed by atoms with Crippen LogP contribution in [0.4, 0.5) is 4.79 Å². The maximum absolute atomic E-state index is 12.4. The van der Waals surface area contributed by atoms with Gasteiger partial charge in [-0.05, 0) is 52.1 Å². The molecular formula is C30H27NO8. The van der Waals surface area contributed by atoms with E-state index in [-0.39, 0.29) is 41.9 Å². The van der Waals surface area contributed by atoms with Crippen LogP contribution in [0, 0.1) is 0 Å². The molecule has 1 aliphatic carbocycles. The van der Waals surface area contributed by atoms with Gasteiger partial charge < -0.3 is 35.6 Å². The van der Waals surface area contributed by atoms with Crippen molar-refractivity contribution in [3.63, 3.8) is 0 Å². The van der Waals surface area contributed by atoms with Gasteiger partial charge in [0, 0.05) is 12.3 Å². The number of alkyl carbamates (subject to hydrolysis) is 1. The van der Waals surface area contributed by atoms with Crippen molar-refractivity contribution in [2.45, 2.75) is 18.4 Å². The Morgan fingerprint density at radius 3 is 1.74 bits per heavy atom. The predicted molar refractivity (Wildman–Crippen MR) is 143 cm³/mol. The quantitative estimate of drug-likeness (QED) is 0.196. The summed E-state index contributed by atoms with van der Waals surface area (Å²) in [5, 5.41) is 48.1. The number of hydrogen-bond acceptors (Lipinski definition) is 7. The van der Waals surface area contributed by atoms with Gasteiger partial charge in [-0.3, -0.25) is 0 Å². The topological polar surface area (TPSA) is 157 Å². The number of nitrogens with one attached hydrogen (secondary N) is 1. The summed E-state index contributed by atoms with van der Waals surface area (Å²) in [6.45, 7) is 0.0756. The van der Waals surface area contributed by atoms with Gasteiger partial charge in [0.2, 0.25) is 0 Å². The Balaban J connectivity index is 0.000000379. The van der Waals surface area contributed by atoms with Crippen LogP contribution in [0.15, 0.2) is 91.0 Å². The minimum Gasteiger partial charge on any atom is -0.504 e. The number of aromatic hydroxyl groups is 4. The van der Waals surface area contributed by atoms with Crippen molar-refractivity contribution in [1.29, 1.82) is 0 Å². The molecular weight excluding hydrogens is 502 g/mol. The summed E-state index contributed by atoms with van der Waals surface area (Å²) in [5.74, 6) is -2.18. The standard InChI is InChI=1S/C24H21NO6.C6H6O2/c26-21-10-9-14(12-22(21)27)11-20(23(28)29)25-24(30)31-13-19-17-7-3-1-5-15(17)16-6-2-4-8-18(16)19;7-5-3-1-2-4-6(5)8/h1-10,12,19-20,26-27H,11,13H2,(H,25,30)(H,28,29);1-4,7-8H/t20-;/m0./s1. The number of carboxylic acids is 1. The SMILES string of the molecule is O=C(N[C@@H](Cc1ccc(O)c(O)c1)C(=O)O)OCC1c2ccccc2-c2ccccc21.Oc1ccccc1O. The Morgan fingerprint density at radius 1 is 0.718 bits per heavy atom. The Bertz CT molecular complexity index is 1420. The lowest BCUT2D eigenvalue weighted by atomic mass is 9.98.